The molecule has 0 aliphatic carbocycles. The maximum absolute atomic E-state index is 4.30. The van der Waals surface area contributed by atoms with Crippen LogP contribution in [0, 0.1) is 0 Å². The van der Waals surface area contributed by atoms with Crippen molar-refractivity contribution in [2.75, 3.05) is 4.90 Å². The van der Waals surface area contributed by atoms with Crippen LogP contribution in [-0.2, 0) is 6.54 Å². The maximum atomic E-state index is 4.30. The third-order valence-corrected chi connectivity index (χ3v) is 3.97. The highest BCUT2D eigenvalue weighted by atomic mass is 15.1. The van der Waals surface area contributed by atoms with Crippen molar-refractivity contribution in [2.24, 2.45) is 0 Å². The lowest BCUT2D eigenvalue weighted by molar-refractivity contribution is 0.976. The van der Waals surface area contributed by atoms with Crippen molar-refractivity contribution in [3.63, 3.8) is 0 Å². The Bertz CT molecular complexity index is 898. The van der Waals surface area contributed by atoms with E-state index in [4.69, 9.17) is 0 Å². The third-order valence-electron chi connectivity index (χ3n) is 3.97. The van der Waals surface area contributed by atoms with Crippen molar-refractivity contribution in [3.05, 3.63) is 90.8 Å². The predicted molar refractivity (Wildman–Crippen MR) is 94.8 cm³/mol. The van der Waals surface area contributed by atoms with E-state index in [1.165, 1.54) is 11.3 Å². The standard InChI is InChI=1S/C20H17N3/c1-3-7-16(8-4-1)14-23(17-9-5-2-6-10-17)18-11-12-19-20(13-18)22-15-21-19/h1-13,15H,14H2,(H,21,22). The summed E-state index contributed by atoms with van der Waals surface area (Å²) in [4.78, 5) is 9.81. The molecule has 1 aromatic heterocycles. The van der Waals surface area contributed by atoms with Gasteiger partial charge in [-0.2, -0.15) is 0 Å². The molecule has 0 atom stereocenters. The fraction of sp³-hybridized carbons (Fsp3) is 0.0500. The molecule has 3 heteroatoms. The Morgan fingerprint density at radius 3 is 2.30 bits per heavy atom. The highest BCUT2D eigenvalue weighted by molar-refractivity contribution is 5.80. The zero-order valence-corrected chi connectivity index (χ0v) is 12.7. The number of aromatic nitrogens is 2. The number of benzene rings is 3. The van der Waals surface area contributed by atoms with Crippen LogP contribution in [0.5, 0.6) is 0 Å². The number of hydrogen-bond acceptors (Lipinski definition) is 2. The first-order valence-corrected chi connectivity index (χ1v) is 7.70. The molecule has 112 valence electrons. The molecule has 0 radical (unpaired) electrons. The molecule has 4 rings (SSSR count). The lowest BCUT2D eigenvalue weighted by Crippen LogP contribution is -2.16. The van der Waals surface area contributed by atoms with Crippen LogP contribution in [0.3, 0.4) is 0 Å². The van der Waals surface area contributed by atoms with E-state index >= 15 is 0 Å². The summed E-state index contributed by atoms with van der Waals surface area (Å²) in [5.41, 5.74) is 5.64. The number of hydrogen-bond donors (Lipinski definition) is 1. The zero-order chi connectivity index (χ0) is 15.5. The van der Waals surface area contributed by atoms with Gasteiger partial charge in [0.2, 0.25) is 0 Å². The molecule has 0 amide bonds. The van der Waals surface area contributed by atoms with Gasteiger partial charge in [0.15, 0.2) is 0 Å². The lowest BCUT2D eigenvalue weighted by Gasteiger charge is -2.25. The average Bonchev–Trinajstić information content (AvgIpc) is 3.09. The summed E-state index contributed by atoms with van der Waals surface area (Å²) in [7, 11) is 0. The smallest absolute Gasteiger partial charge is 0.0931 e. The van der Waals surface area contributed by atoms with Crippen molar-refractivity contribution in [1.82, 2.24) is 9.97 Å². The number of imidazole rings is 1. The van der Waals surface area contributed by atoms with E-state index in [1.54, 1.807) is 6.33 Å². The van der Waals surface area contributed by atoms with Crippen LogP contribution in [0.1, 0.15) is 5.56 Å². The lowest BCUT2D eigenvalue weighted by atomic mass is 10.1. The first-order valence-electron chi connectivity index (χ1n) is 7.70. The van der Waals surface area contributed by atoms with Crippen molar-refractivity contribution in [2.45, 2.75) is 6.54 Å². The third kappa shape index (κ3) is 2.81. The number of rotatable bonds is 4. The number of nitrogens with zero attached hydrogens (tertiary/aromatic N) is 2. The Morgan fingerprint density at radius 2 is 1.52 bits per heavy atom. The normalized spacial score (nSPS) is 10.8. The Balaban J connectivity index is 1.77. The number of fused-ring (bicyclic) bond motifs is 1. The average molecular weight is 299 g/mol. The van der Waals surface area contributed by atoms with Crippen molar-refractivity contribution in [3.8, 4) is 0 Å². The van der Waals surface area contributed by atoms with E-state index in [1.807, 2.05) is 12.1 Å². The van der Waals surface area contributed by atoms with E-state index in [-0.39, 0.29) is 0 Å². The molecule has 0 bridgehead atoms. The summed E-state index contributed by atoms with van der Waals surface area (Å²) in [6, 6.07) is 27.3. The number of nitrogens with one attached hydrogen (secondary N) is 1. The summed E-state index contributed by atoms with van der Waals surface area (Å²) in [6.45, 7) is 0.824. The van der Waals surface area contributed by atoms with Gasteiger partial charge < -0.3 is 9.88 Å². The zero-order valence-electron chi connectivity index (χ0n) is 12.7. The molecule has 0 spiro atoms. The molecule has 1 N–H and O–H groups in total. The molecule has 3 aromatic carbocycles. The fourth-order valence-electron chi connectivity index (χ4n) is 2.80. The summed E-state index contributed by atoms with van der Waals surface area (Å²) in [5, 5.41) is 0. The molecule has 1 heterocycles. The van der Waals surface area contributed by atoms with E-state index in [9.17, 15) is 0 Å². The van der Waals surface area contributed by atoms with Crippen molar-refractivity contribution < 1.29 is 0 Å². The molecule has 23 heavy (non-hydrogen) atoms. The molecule has 4 aromatic rings. The van der Waals surface area contributed by atoms with E-state index in [0.717, 1.165) is 23.3 Å². The monoisotopic (exact) mass is 299 g/mol. The first kappa shape index (κ1) is 13.6. The van der Waals surface area contributed by atoms with Crippen molar-refractivity contribution >= 4 is 22.4 Å². The van der Waals surface area contributed by atoms with E-state index in [2.05, 4.69) is 81.6 Å². The van der Waals surface area contributed by atoms with Gasteiger partial charge in [0.05, 0.1) is 17.4 Å². The molecule has 3 nitrogen and oxygen atoms in total. The SMILES string of the molecule is c1ccc(CN(c2ccccc2)c2ccc3nc[nH]c3c2)cc1. The summed E-state index contributed by atoms with van der Waals surface area (Å²) < 4.78 is 0. The number of para-hydroxylation sites is 1. The highest BCUT2D eigenvalue weighted by Crippen LogP contribution is 2.29. The van der Waals surface area contributed by atoms with Gasteiger partial charge in [0.25, 0.3) is 0 Å². The van der Waals surface area contributed by atoms with E-state index in [0.29, 0.717) is 0 Å². The minimum atomic E-state index is 0.824. The van der Waals surface area contributed by atoms with E-state index < -0.39 is 0 Å². The Kier molecular flexibility index (Phi) is 3.53. The Labute approximate surface area is 135 Å². The second kappa shape index (κ2) is 5.97. The van der Waals surface area contributed by atoms with Crippen LogP contribution in [-0.4, -0.2) is 9.97 Å². The largest absolute Gasteiger partial charge is 0.345 e. The summed E-state index contributed by atoms with van der Waals surface area (Å²) in [6.07, 6.45) is 1.73. The van der Waals surface area contributed by atoms with Gasteiger partial charge in [-0.05, 0) is 35.9 Å². The molecule has 0 fully saturated rings. The van der Waals surface area contributed by atoms with Crippen molar-refractivity contribution in [1.29, 1.82) is 0 Å². The van der Waals surface area contributed by atoms with Gasteiger partial charge in [-0.3, -0.25) is 0 Å². The first-order chi connectivity index (χ1) is 11.4. The van der Waals surface area contributed by atoms with Crippen LogP contribution < -0.4 is 4.90 Å². The topological polar surface area (TPSA) is 31.9 Å². The molecule has 0 unspecified atom stereocenters. The van der Waals surface area contributed by atoms with Crippen LogP contribution >= 0.6 is 0 Å². The van der Waals surface area contributed by atoms with Gasteiger partial charge >= 0.3 is 0 Å². The summed E-state index contributed by atoms with van der Waals surface area (Å²) >= 11 is 0. The molecule has 0 saturated carbocycles. The second-order valence-electron chi connectivity index (χ2n) is 5.51. The van der Waals surface area contributed by atoms with Gasteiger partial charge in [0, 0.05) is 17.9 Å². The molecular formula is C20H17N3. The van der Waals surface area contributed by atoms with Crippen LogP contribution in [0.2, 0.25) is 0 Å². The van der Waals surface area contributed by atoms with Gasteiger partial charge in [-0.15, -0.1) is 0 Å². The number of anilines is 2. The second-order valence-corrected chi connectivity index (χ2v) is 5.51. The minimum absolute atomic E-state index is 0.824. The molecule has 0 aliphatic rings. The quantitative estimate of drug-likeness (QED) is 0.581. The van der Waals surface area contributed by atoms with Crippen LogP contribution in [0.15, 0.2) is 85.2 Å². The molecule has 0 saturated heterocycles. The molecule has 0 aliphatic heterocycles. The van der Waals surface area contributed by atoms with Crippen LogP contribution in [0.4, 0.5) is 11.4 Å². The fourth-order valence-corrected chi connectivity index (χ4v) is 2.80. The number of H-pyrrole nitrogens is 1. The number of aromatic amines is 1. The van der Waals surface area contributed by atoms with Crippen LogP contribution in [0.25, 0.3) is 11.0 Å². The van der Waals surface area contributed by atoms with Gasteiger partial charge in [0.1, 0.15) is 0 Å². The highest BCUT2D eigenvalue weighted by Gasteiger charge is 2.11. The molecular weight excluding hydrogens is 282 g/mol. The summed E-state index contributed by atoms with van der Waals surface area (Å²) in [5.74, 6) is 0. The van der Waals surface area contributed by atoms with Gasteiger partial charge in [-0.25, -0.2) is 4.98 Å². The Hall–Kier alpha value is -3.07. The minimum Gasteiger partial charge on any atom is -0.345 e. The predicted octanol–water partition coefficient (Wildman–Crippen LogP) is 4.90. The maximum Gasteiger partial charge on any atom is 0.0931 e. The van der Waals surface area contributed by atoms with Gasteiger partial charge in [-0.1, -0.05) is 48.5 Å². The Morgan fingerprint density at radius 1 is 0.783 bits per heavy atom.